The molecular weight excluding hydrogens is 418 g/mol. The Balaban J connectivity index is 1.93. The number of rotatable bonds is 2. The molecule has 5 aromatic rings. The Morgan fingerprint density at radius 1 is 0.929 bits per heavy atom. The molecule has 2 heterocycles. The summed E-state index contributed by atoms with van der Waals surface area (Å²) in [5, 5.41) is 10.5. The van der Waals surface area contributed by atoms with E-state index in [4.69, 9.17) is 4.98 Å². The summed E-state index contributed by atoms with van der Waals surface area (Å²) in [6.45, 7) is 0. The Morgan fingerprint density at radius 2 is 1.71 bits per heavy atom. The van der Waals surface area contributed by atoms with Crippen molar-refractivity contribution in [1.29, 1.82) is 0 Å². The smallest absolute Gasteiger partial charge is 0.267 e. The Hall–Kier alpha value is -3.38. The zero-order valence-electron chi connectivity index (χ0n) is 14.6. The van der Waals surface area contributed by atoms with Gasteiger partial charge in [0.25, 0.3) is 5.56 Å². The number of hydrogen-bond acceptors (Lipinski definition) is 3. The minimum absolute atomic E-state index is 0.127. The van der Waals surface area contributed by atoms with E-state index in [9.17, 15) is 9.90 Å². The third-order valence-electron chi connectivity index (χ3n) is 4.71. The molecule has 0 fully saturated rings. The number of phenols is 1. The minimum Gasteiger partial charge on any atom is -0.508 e. The number of benzene rings is 3. The second kappa shape index (κ2) is 6.35. The van der Waals surface area contributed by atoms with Crippen molar-refractivity contribution in [3.63, 3.8) is 0 Å². The normalized spacial score (nSPS) is 11.3. The third kappa shape index (κ3) is 2.61. The molecule has 0 aliphatic heterocycles. The van der Waals surface area contributed by atoms with Crippen LogP contribution in [0.3, 0.4) is 0 Å². The van der Waals surface area contributed by atoms with Crippen molar-refractivity contribution in [2.24, 2.45) is 0 Å². The Bertz CT molecular complexity index is 1400. The number of hydrogen-bond donors (Lipinski definition) is 1. The summed E-state index contributed by atoms with van der Waals surface area (Å²) in [5.74, 6) is 0.643. The van der Waals surface area contributed by atoms with E-state index in [1.165, 1.54) is 0 Å². The van der Waals surface area contributed by atoms with Gasteiger partial charge >= 0.3 is 0 Å². The van der Waals surface area contributed by atoms with Gasteiger partial charge in [0.2, 0.25) is 5.78 Å². The molecule has 3 aromatic carbocycles. The maximum Gasteiger partial charge on any atom is 0.267 e. The molecule has 0 bridgehead atoms. The first-order valence-corrected chi connectivity index (χ1v) is 9.49. The van der Waals surface area contributed by atoms with Crippen LogP contribution in [0.4, 0.5) is 0 Å². The summed E-state index contributed by atoms with van der Waals surface area (Å²) in [7, 11) is 0. The number of nitrogens with zero attached hydrogens (tertiary/aromatic N) is 3. The van der Waals surface area contributed by atoms with Crippen LogP contribution in [0.25, 0.3) is 33.6 Å². The van der Waals surface area contributed by atoms with E-state index in [1.54, 1.807) is 28.7 Å². The van der Waals surface area contributed by atoms with Gasteiger partial charge in [-0.2, -0.15) is 0 Å². The predicted molar refractivity (Wildman–Crippen MR) is 113 cm³/mol. The van der Waals surface area contributed by atoms with Gasteiger partial charge in [-0.05, 0) is 36.4 Å². The molecule has 0 saturated heterocycles. The number of fused-ring (bicyclic) bond motifs is 2. The van der Waals surface area contributed by atoms with Crippen molar-refractivity contribution in [3.05, 3.63) is 93.8 Å². The molecule has 5 rings (SSSR count). The molecule has 0 atom stereocenters. The summed E-state index contributed by atoms with van der Waals surface area (Å²) in [5.41, 5.74) is 2.86. The van der Waals surface area contributed by atoms with E-state index in [2.05, 4.69) is 15.9 Å². The quantitative estimate of drug-likeness (QED) is 0.437. The first-order chi connectivity index (χ1) is 13.6. The van der Waals surface area contributed by atoms with Crippen LogP contribution in [0.15, 0.2) is 88.3 Å². The van der Waals surface area contributed by atoms with Gasteiger partial charge in [-0.3, -0.25) is 9.36 Å². The summed E-state index contributed by atoms with van der Waals surface area (Å²) < 4.78 is 4.41. The van der Waals surface area contributed by atoms with Crippen molar-refractivity contribution >= 4 is 32.6 Å². The van der Waals surface area contributed by atoms with Gasteiger partial charge < -0.3 is 5.11 Å². The fraction of sp³-hybridized carbons (Fsp3) is 0. The van der Waals surface area contributed by atoms with Crippen LogP contribution in [-0.4, -0.2) is 19.1 Å². The second-order valence-electron chi connectivity index (χ2n) is 6.48. The highest BCUT2D eigenvalue weighted by Crippen LogP contribution is 2.27. The Labute approximate surface area is 168 Å². The Morgan fingerprint density at radius 3 is 2.50 bits per heavy atom. The second-order valence-corrected chi connectivity index (χ2v) is 7.40. The molecule has 2 aromatic heterocycles. The van der Waals surface area contributed by atoms with Crippen LogP contribution < -0.4 is 5.56 Å². The lowest BCUT2D eigenvalue weighted by Gasteiger charge is -2.06. The average molecular weight is 432 g/mol. The van der Waals surface area contributed by atoms with Crippen molar-refractivity contribution < 1.29 is 5.11 Å². The highest BCUT2D eigenvalue weighted by molar-refractivity contribution is 9.10. The molecule has 0 amide bonds. The van der Waals surface area contributed by atoms with Gasteiger partial charge in [-0.15, -0.1) is 0 Å². The standard InChI is InChI=1S/C22H14BrN3O2/c23-15-10-8-14(9-11-15)20-13-25(16-4-3-5-17(27)12-16)22-24-19-7-2-1-6-18(19)21(28)26(20)22/h1-13,27H. The van der Waals surface area contributed by atoms with E-state index < -0.39 is 0 Å². The monoisotopic (exact) mass is 431 g/mol. The number of aromatic nitrogens is 3. The highest BCUT2D eigenvalue weighted by Gasteiger charge is 2.17. The number of imidazole rings is 1. The van der Waals surface area contributed by atoms with Crippen LogP contribution >= 0.6 is 15.9 Å². The zero-order chi connectivity index (χ0) is 19.3. The van der Waals surface area contributed by atoms with Gasteiger partial charge in [-0.25, -0.2) is 9.38 Å². The largest absolute Gasteiger partial charge is 0.508 e. The third-order valence-corrected chi connectivity index (χ3v) is 5.24. The number of para-hydroxylation sites is 1. The molecule has 0 aliphatic carbocycles. The maximum absolute atomic E-state index is 13.3. The van der Waals surface area contributed by atoms with Crippen molar-refractivity contribution in [1.82, 2.24) is 14.0 Å². The van der Waals surface area contributed by atoms with Crippen molar-refractivity contribution in [3.8, 4) is 22.7 Å². The van der Waals surface area contributed by atoms with Gasteiger partial charge in [0, 0.05) is 22.3 Å². The number of aromatic hydroxyl groups is 1. The highest BCUT2D eigenvalue weighted by atomic mass is 79.9. The van der Waals surface area contributed by atoms with Crippen LogP contribution in [-0.2, 0) is 0 Å². The van der Waals surface area contributed by atoms with Crippen LogP contribution in [0.5, 0.6) is 5.75 Å². The van der Waals surface area contributed by atoms with E-state index in [-0.39, 0.29) is 11.3 Å². The molecule has 1 N–H and O–H groups in total. The molecule has 28 heavy (non-hydrogen) atoms. The van der Waals surface area contributed by atoms with Crippen LogP contribution in [0.1, 0.15) is 0 Å². The van der Waals surface area contributed by atoms with Gasteiger partial charge in [-0.1, -0.05) is 46.3 Å². The van der Waals surface area contributed by atoms with E-state index >= 15 is 0 Å². The lowest BCUT2D eigenvalue weighted by molar-refractivity contribution is 0.475. The van der Waals surface area contributed by atoms with Crippen molar-refractivity contribution in [2.75, 3.05) is 0 Å². The Kier molecular flexibility index (Phi) is 3.80. The van der Waals surface area contributed by atoms with Gasteiger partial charge in [0.05, 0.1) is 22.3 Å². The molecule has 0 unspecified atom stereocenters. The molecule has 5 nitrogen and oxygen atoms in total. The average Bonchev–Trinajstić information content (AvgIpc) is 3.08. The minimum atomic E-state index is -0.127. The predicted octanol–water partition coefficient (Wildman–Crippen LogP) is 4.77. The molecule has 0 aliphatic rings. The van der Waals surface area contributed by atoms with Gasteiger partial charge in [0.15, 0.2) is 0 Å². The molecule has 6 heteroatoms. The molecular formula is C22H14BrN3O2. The molecule has 0 spiro atoms. The van der Waals surface area contributed by atoms with E-state index in [0.717, 1.165) is 21.4 Å². The number of phenolic OH excluding ortho intramolecular Hbond substituents is 1. The number of halogens is 1. The first kappa shape index (κ1) is 16.8. The first-order valence-electron chi connectivity index (χ1n) is 8.70. The fourth-order valence-corrected chi connectivity index (χ4v) is 3.66. The zero-order valence-corrected chi connectivity index (χ0v) is 16.2. The summed E-state index contributed by atoms with van der Waals surface area (Å²) >= 11 is 3.45. The summed E-state index contributed by atoms with van der Waals surface area (Å²) in [6, 6.07) is 22.0. The SMILES string of the molecule is O=c1c2ccccc2nc2n(-c3cccc(O)c3)cc(-c3ccc(Br)cc3)n12. The van der Waals surface area contributed by atoms with Gasteiger partial charge in [0.1, 0.15) is 5.75 Å². The van der Waals surface area contributed by atoms with Crippen molar-refractivity contribution in [2.45, 2.75) is 0 Å². The molecule has 136 valence electrons. The molecule has 0 radical (unpaired) electrons. The topological polar surface area (TPSA) is 59.5 Å². The summed E-state index contributed by atoms with van der Waals surface area (Å²) in [6.07, 6.45) is 1.88. The fourth-order valence-electron chi connectivity index (χ4n) is 3.39. The van der Waals surface area contributed by atoms with Crippen LogP contribution in [0.2, 0.25) is 0 Å². The van der Waals surface area contributed by atoms with E-state index in [1.807, 2.05) is 59.3 Å². The van der Waals surface area contributed by atoms with Crippen LogP contribution in [0, 0.1) is 0 Å². The van der Waals surface area contributed by atoms with E-state index in [0.29, 0.717) is 16.7 Å². The lowest BCUT2D eigenvalue weighted by Crippen LogP contribution is -2.16. The summed E-state index contributed by atoms with van der Waals surface area (Å²) in [4.78, 5) is 18.1. The lowest BCUT2D eigenvalue weighted by atomic mass is 10.1. The maximum atomic E-state index is 13.3. The molecule has 0 saturated carbocycles.